The van der Waals surface area contributed by atoms with Gasteiger partial charge in [-0.05, 0) is 30.7 Å². The highest BCUT2D eigenvalue weighted by Crippen LogP contribution is 2.27. The largest absolute Gasteiger partial charge is 0.265 e. The normalized spacial score (nSPS) is 11.0. The van der Waals surface area contributed by atoms with Gasteiger partial charge in [-0.3, -0.25) is 4.98 Å². The first-order valence-corrected chi connectivity index (χ1v) is 7.14. The molecule has 0 bridgehead atoms. The van der Waals surface area contributed by atoms with Gasteiger partial charge in [0.05, 0.1) is 11.9 Å². The lowest BCUT2D eigenvalue weighted by Gasteiger charge is -2.07. The predicted molar refractivity (Wildman–Crippen MR) is 86.4 cm³/mol. The first-order chi connectivity index (χ1) is 10.8. The highest BCUT2D eigenvalue weighted by molar-refractivity contribution is 5.79. The van der Waals surface area contributed by atoms with E-state index in [2.05, 4.69) is 27.2 Å². The van der Waals surface area contributed by atoms with Crippen molar-refractivity contribution >= 4 is 5.65 Å². The summed E-state index contributed by atoms with van der Waals surface area (Å²) in [6.07, 6.45) is 5.46. The first kappa shape index (κ1) is 12.7. The Morgan fingerprint density at radius 1 is 0.909 bits per heavy atom. The van der Waals surface area contributed by atoms with Crippen molar-refractivity contribution in [3.8, 4) is 22.4 Å². The molecule has 4 nitrogen and oxygen atoms in total. The molecule has 22 heavy (non-hydrogen) atoms. The van der Waals surface area contributed by atoms with Crippen molar-refractivity contribution in [3.63, 3.8) is 0 Å². The van der Waals surface area contributed by atoms with Crippen LogP contribution in [0.1, 0.15) is 5.69 Å². The van der Waals surface area contributed by atoms with Gasteiger partial charge in [-0.2, -0.15) is 5.10 Å². The molecule has 0 aliphatic heterocycles. The number of aryl methyl sites for hydroxylation is 1. The van der Waals surface area contributed by atoms with Gasteiger partial charge < -0.3 is 0 Å². The number of benzene rings is 1. The second kappa shape index (κ2) is 5.07. The smallest absolute Gasteiger partial charge is 0.163 e. The molecule has 0 aliphatic rings. The number of rotatable bonds is 2. The Morgan fingerprint density at radius 3 is 2.45 bits per heavy atom. The summed E-state index contributed by atoms with van der Waals surface area (Å²) in [6, 6.07) is 16.2. The van der Waals surface area contributed by atoms with E-state index in [9.17, 15) is 0 Å². The molecule has 0 saturated carbocycles. The molecular weight excluding hydrogens is 272 g/mol. The van der Waals surface area contributed by atoms with Gasteiger partial charge >= 0.3 is 0 Å². The van der Waals surface area contributed by atoms with E-state index < -0.39 is 0 Å². The molecule has 0 atom stereocenters. The third-order valence-electron chi connectivity index (χ3n) is 3.66. The minimum atomic E-state index is 0.873. The molecule has 0 N–H and O–H groups in total. The van der Waals surface area contributed by atoms with Crippen molar-refractivity contribution in [2.24, 2.45) is 0 Å². The Hall–Kier alpha value is -3.01. The minimum Gasteiger partial charge on any atom is -0.265 e. The molecule has 0 unspecified atom stereocenters. The molecular formula is C18H14N4. The van der Waals surface area contributed by atoms with E-state index >= 15 is 0 Å². The molecule has 4 heteroatoms. The van der Waals surface area contributed by atoms with Gasteiger partial charge in [-0.25, -0.2) is 9.50 Å². The highest BCUT2D eigenvalue weighted by Gasteiger charge is 2.12. The summed E-state index contributed by atoms with van der Waals surface area (Å²) < 4.78 is 1.89. The lowest BCUT2D eigenvalue weighted by atomic mass is 10.1. The second-order valence-corrected chi connectivity index (χ2v) is 5.18. The van der Waals surface area contributed by atoms with Gasteiger partial charge in [0.2, 0.25) is 0 Å². The lowest BCUT2D eigenvalue weighted by molar-refractivity contribution is 0.938. The topological polar surface area (TPSA) is 43.1 Å². The summed E-state index contributed by atoms with van der Waals surface area (Å²) in [7, 11) is 0. The van der Waals surface area contributed by atoms with E-state index in [-0.39, 0.29) is 0 Å². The van der Waals surface area contributed by atoms with E-state index in [1.54, 1.807) is 12.4 Å². The molecule has 0 spiro atoms. The molecule has 0 fully saturated rings. The molecule has 3 aromatic heterocycles. The zero-order valence-corrected chi connectivity index (χ0v) is 12.1. The van der Waals surface area contributed by atoms with E-state index in [1.165, 1.54) is 0 Å². The monoisotopic (exact) mass is 286 g/mol. The van der Waals surface area contributed by atoms with Crippen LogP contribution in [0.25, 0.3) is 28.0 Å². The highest BCUT2D eigenvalue weighted by atomic mass is 15.3. The fourth-order valence-electron chi connectivity index (χ4n) is 2.63. The van der Waals surface area contributed by atoms with E-state index in [1.807, 2.05) is 54.0 Å². The zero-order valence-electron chi connectivity index (χ0n) is 12.1. The fraction of sp³-hybridized carbons (Fsp3) is 0.0556. The Bertz CT molecular complexity index is 927. The van der Waals surface area contributed by atoms with Gasteiger partial charge in [-0.15, -0.1) is 0 Å². The predicted octanol–water partition coefficient (Wildman–Crippen LogP) is 3.77. The van der Waals surface area contributed by atoms with Crippen LogP contribution in [0.2, 0.25) is 0 Å². The van der Waals surface area contributed by atoms with Gasteiger partial charge in [0.1, 0.15) is 0 Å². The third-order valence-corrected chi connectivity index (χ3v) is 3.66. The zero-order chi connectivity index (χ0) is 14.9. The van der Waals surface area contributed by atoms with Crippen LogP contribution in [-0.4, -0.2) is 19.6 Å². The molecule has 4 rings (SSSR count). The average molecular weight is 286 g/mol. The Morgan fingerprint density at radius 2 is 1.68 bits per heavy atom. The maximum atomic E-state index is 4.68. The van der Waals surface area contributed by atoms with Crippen LogP contribution in [0.4, 0.5) is 0 Å². The SMILES string of the molecule is Cc1cc(-c2ccncc2)n2ncc(-c3ccccc3)c2n1. The van der Waals surface area contributed by atoms with E-state index in [4.69, 9.17) is 0 Å². The number of fused-ring (bicyclic) bond motifs is 1. The molecule has 3 heterocycles. The molecule has 106 valence electrons. The van der Waals surface area contributed by atoms with Crippen molar-refractivity contribution in [1.29, 1.82) is 0 Å². The summed E-state index contributed by atoms with van der Waals surface area (Å²) in [5, 5.41) is 4.55. The number of pyridine rings is 1. The van der Waals surface area contributed by atoms with E-state index in [0.717, 1.165) is 33.7 Å². The Kier molecular flexibility index (Phi) is 2.93. The molecule has 0 amide bonds. The van der Waals surface area contributed by atoms with Crippen LogP contribution in [0, 0.1) is 6.92 Å². The first-order valence-electron chi connectivity index (χ1n) is 7.14. The number of hydrogen-bond acceptors (Lipinski definition) is 3. The van der Waals surface area contributed by atoms with Gasteiger partial charge in [-0.1, -0.05) is 30.3 Å². The van der Waals surface area contributed by atoms with E-state index in [0.29, 0.717) is 0 Å². The Balaban J connectivity index is 2.00. The van der Waals surface area contributed by atoms with Crippen molar-refractivity contribution in [2.75, 3.05) is 0 Å². The minimum absolute atomic E-state index is 0.873. The van der Waals surface area contributed by atoms with Crippen LogP contribution < -0.4 is 0 Å². The van der Waals surface area contributed by atoms with Crippen LogP contribution in [0.5, 0.6) is 0 Å². The molecule has 0 radical (unpaired) electrons. The summed E-state index contributed by atoms with van der Waals surface area (Å²) in [5.74, 6) is 0. The quantitative estimate of drug-likeness (QED) is 0.563. The second-order valence-electron chi connectivity index (χ2n) is 5.18. The fourth-order valence-corrected chi connectivity index (χ4v) is 2.63. The van der Waals surface area contributed by atoms with Crippen LogP contribution >= 0.6 is 0 Å². The van der Waals surface area contributed by atoms with Crippen LogP contribution in [0.15, 0.2) is 67.1 Å². The van der Waals surface area contributed by atoms with Gasteiger partial charge in [0.25, 0.3) is 0 Å². The lowest BCUT2D eigenvalue weighted by Crippen LogP contribution is -1.98. The van der Waals surface area contributed by atoms with Crippen molar-refractivity contribution in [1.82, 2.24) is 19.6 Å². The summed E-state index contributed by atoms with van der Waals surface area (Å²) in [4.78, 5) is 8.76. The van der Waals surface area contributed by atoms with Crippen molar-refractivity contribution < 1.29 is 0 Å². The third kappa shape index (κ3) is 2.05. The van der Waals surface area contributed by atoms with Gasteiger partial charge in [0, 0.05) is 29.2 Å². The number of hydrogen-bond donors (Lipinski definition) is 0. The molecule has 0 saturated heterocycles. The van der Waals surface area contributed by atoms with Gasteiger partial charge in [0.15, 0.2) is 5.65 Å². The Labute approximate surface area is 128 Å². The van der Waals surface area contributed by atoms with Crippen molar-refractivity contribution in [3.05, 3.63) is 72.8 Å². The number of aromatic nitrogens is 4. The standard InChI is InChI=1S/C18H14N4/c1-13-11-17(15-7-9-19-10-8-15)22-18(21-13)16(12-20-22)14-5-3-2-4-6-14/h2-12H,1H3. The summed E-state index contributed by atoms with van der Waals surface area (Å²) in [6.45, 7) is 2.01. The summed E-state index contributed by atoms with van der Waals surface area (Å²) >= 11 is 0. The number of nitrogens with zero attached hydrogens (tertiary/aromatic N) is 4. The van der Waals surface area contributed by atoms with Crippen LogP contribution in [0.3, 0.4) is 0 Å². The molecule has 0 aliphatic carbocycles. The van der Waals surface area contributed by atoms with Crippen LogP contribution in [-0.2, 0) is 0 Å². The summed E-state index contributed by atoms with van der Waals surface area (Å²) in [5.41, 5.74) is 6.10. The molecule has 4 aromatic rings. The maximum absolute atomic E-state index is 4.68. The van der Waals surface area contributed by atoms with Crippen molar-refractivity contribution in [2.45, 2.75) is 6.92 Å². The molecule has 1 aromatic carbocycles. The average Bonchev–Trinajstić information content (AvgIpc) is 2.99. The maximum Gasteiger partial charge on any atom is 0.163 e.